The summed E-state index contributed by atoms with van der Waals surface area (Å²) in [6, 6.07) is 8.77. The minimum absolute atomic E-state index is 0.441. The van der Waals surface area contributed by atoms with E-state index >= 15 is 0 Å². The zero-order valence-electron chi connectivity index (χ0n) is 7.14. The van der Waals surface area contributed by atoms with Gasteiger partial charge < -0.3 is 10.4 Å². The van der Waals surface area contributed by atoms with Gasteiger partial charge in [-0.3, -0.25) is 4.79 Å². The second-order valence-corrected chi connectivity index (χ2v) is 2.73. The van der Waals surface area contributed by atoms with Gasteiger partial charge in [0.15, 0.2) is 0 Å². The Kier molecular flexibility index (Phi) is 3.52. The smallest absolute Gasteiger partial charge is 0.378 e. The van der Waals surface area contributed by atoms with Gasteiger partial charge in [-0.15, -0.1) is 0 Å². The summed E-state index contributed by atoms with van der Waals surface area (Å²) < 4.78 is 4.02. The number of hydrogen-bond acceptors (Lipinski definition) is 3. The summed E-state index contributed by atoms with van der Waals surface area (Å²) in [5.41, 5.74) is 6.49. The Morgan fingerprint density at radius 3 is 2.62 bits per heavy atom. The van der Waals surface area contributed by atoms with E-state index in [0.29, 0.717) is 6.42 Å². The van der Waals surface area contributed by atoms with Gasteiger partial charge in [0, 0.05) is 0 Å². The van der Waals surface area contributed by atoms with E-state index < -0.39 is 12.0 Å². The Labute approximate surface area is 78.3 Å². The van der Waals surface area contributed by atoms with Crippen LogP contribution in [0.4, 0.5) is 0 Å². The Bertz CT molecular complexity index is 276. The molecule has 1 aromatic rings. The quantitative estimate of drug-likeness (QED) is 0.666. The van der Waals surface area contributed by atoms with Crippen LogP contribution in [0.2, 0.25) is 0 Å². The van der Waals surface area contributed by atoms with Crippen molar-refractivity contribution in [1.29, 1.82) is 0 Å². The molecule has 0 aliphatic carbocycles. The molecule has 0 amide bonds. The van der Waals surface area contributed by atoms with Crippen molar-refractivity contribution in [3.8, 4) is 0 Å². The molecule has 66 valence electrons. The van der Waals surface area contributed by atoms with Crippen LogP contribution in [0.25, 0.3) is 0 Å². The summed E-state index contributed by atoms with van der Waals surface area (Å²) in [6.45, 7) is 0. The molecule has 0 unspecified atom stereocenters. The summed E-state index contributed by atoms with van der Waals surface area (Å²) in [5, 5.41) is 0. The van der Waals surface area contributed by atoms with E-state index in [0.717, 1.165) is 5.56 Å². The van der Waals surface area contributed by atoms with Crippen molar-refractivity contribution in [2.75, 3.05) is 0 Å². The standard InChI is InChI=1S/C9H10BNO2/c10-13-9(12)8(11)6-7-4-2-1-3-5-7/h1-5,8H,6,11H2/t8-/m0/s1. The van der Waals surface area contributed by atoms with Crippen molar-refractivity contribution < 1.29 is 9.45 Å². The molecule has 2 N–H and O–H groups in total. The van der Waals surface area contributed by atoms with Crippen molar-refractivity contribution >= 4 is 14.0 Å². The second kappa shape index (κ2) is 4.67. The van der Waals surface area contributed by atoms with Crippen molar-refractivity contribution in [3.63, 3.8) is 0 Å². The lowest BCUT2D eigenvalue weighted by Gasteiger charge is -2.08. The van der Waals surface area contributed by atoms with E-state index in [1.807, 2.05) is 30.3 Å². The molecule has 3 nitrogen and oxygen atoms in total. The van der Waals surface area contributed by atoms with Crippen LogP contribution in [0.3, 0.4) is 0 Å². The van der Waals surface area contributed by atoms with Crippen LogP contribution in [-0.2, 0) is 15.9 Å². The molecule has 1 aromatic carbocycles. The monoisotopic (exact) mass is 175 g/mol. The Balaban J connectivity index is 2.55. The molecular weight excluding hydrogens is 165 g/mol. The first kappa shape index (κ1) is 9.80. The minimum atomic E-state index is -0.688. The maximum atomic E-state index is 10.8. The maximum absolute atomic E-state index is 10.8. The van der Waals surface area contributed by atoms with E-state index in [1.54, 1.807) is 0 Å². The molecule has 0 aliphatic rings. The molecule has 0 saturated carbocycles. The number of rotatable bonds is 3. The molecule has 4 heteroatoms. The first-order chi connectivity index (χ1) is 6.24. The number of benzene rings is 1. The number of hydrogen-bond donors (Lipinski definition) is 1. The molecule has 0 fully saturated rings. The van der Waals surface area contributed by atoms with Gasteiger partial charge in [0.05, 0.1) is 0 Å². The molecule has 0 saturated heterocycles. The fraction of sp³-hybridized carbons (Fsp3) is 0.222. The van der Waals surface area contributed by atoms with E-state index in [-0.39, 0.29) is 0 Å². The number of nitrogens with two attached hydrogens (primary N) is 1. The van der Waals surface area contributed by atoms with Gasteiger partial charge in [-0.05, 0) is 12.0 Å². The Morgan fingerprint density at radius 2 is 2.08 bits per heavy atom. The Morgan fingerprint density at radius 1 is 1.46 bits per heavy atom. The summed E-state index contributed by atoms with van der Waals surface area (Å²) >= 11 is 0. The van der Waals surface area contributed by atoms with E-state index in [2.05, 4.69) is 4.65 Å². The highest BCUT2D eigenvalue weighted by molar-refractivity contribution is 6.06. The largest absolute Gasteiger partial charge is 0.542 e. The SMILES string of the molecule is [B]OC(=O)[C@@H](N)Cc1ccccc1. The predicted octanol–water partition coefficient (Wildman–Crippen LogP) is 0.183. The highest BCUT2D eigenvalue weighted by Gasteiger charge is 2.12. The molecule has 13 heavy (non-hydrogen) atoms. The van der Waals surface area contributed by atoms with Gasteiger partial charge in [0.1, 0.15) is 6.04 Å². The van der Waals surface area contributed by atoms with Gasteiger partial charge in [0.25, 0.3) is 0 Å². The fourth-order valence-corrected chi connectivity index (χ4v) is 1.04. The molecule has 1 atom stereocenters. The van der Waals surface area contributed by atoms with E-state index in [4.69, 9.17) is 13.8 Å². The number of carbonyl (C=O) groups is 1. The predicted molar refractivity (Wildman–Crippen MR) is 50.0 cm³/mol. The average Bonchev–Trinajstić information content (AvgIpc) is 2.18. The molecule has 0 bridgehead atoms. The first-order valence-corrected chi connectivity index (χ1v) is 3.94. The van der Waals surface area contributed by atoms with Crippen molar-refractivity contribution in [3.05, 3.63) is 35.9 Å². The third kappa shape index (κ3) is 2.91. The normalized spacial score (nSPS) is 12.1. The molecule has 1 rings (SSSR count). The van der Waals surface area contributed by atoms with Crippen LogP contribution in [0.15, 0.2) is 30.3 Å². The molecular formula is C9H10BNO2. The lowest BCUT2D eigenvalue weighted by atomic mass is 10.1. The molecule has 0 aromatic heterocycles. The van der Waals surface area contributed by atoms with Gasteiger partial charge in [-0.25, -0.2) is 0 Å². The number of carbonyl (C=O) groups excluding carboxylic acids is 1. The third-order valence-electron chi connectivity index (χ3n) is 1.72. The lowest BCUT2D eigenvalue weighted by Crippen LogP contribution is -2.33. The van der Waals surface area contributed by atoms with Crippen molar-refractivity contribution in [1.82, 2.24) is 0 Å². The third-order valence-corrected chi connectivity index (χ3v) is 1.72. The van der Waals surface area contributed by atoms with Crippen molar-refractivity contribution in [2.45, 2.75) is 12.5 Å². The van der Waals surface area contributed by atoms with Crippen LogP contribution in [-0.4, -0.2) is 20.1 Å². The van der Waals surface area contributed by atoms with Crippen LogP contribution in [0.5, 0.6) is 0 Å². The molecule has 0 heterocycles. The highest BCUT2D eigenvalue weighted by atomic mass is 16.5. The average molecular weight is 175 g/mol. The topological polar surface area (TPSA) is 52.3 Å². The maximum Gasteiger partial charge on any atom is 0.378 e. The van der Waals surface area contributed by atoms with E-state index in [9.17, 15) is 4.79 Å². The fourth-order valence-electron chi connectivity index (χ4n) is 1.04. The second-order valence-electron chi connectivity index (χ2n) is 2.73. The highest BCUT2D eigenvalue weighted by Crippen LogP contribution is 2.02. The van der Waals surface area contributed by atoms with Crippen molar-refractivity contribution in [2.24, 2.45) is 5.73 Å². The summed E-state index contributed by atoms with van der Waals surface area (Å²) in [5.74, 6) is -0.594. The summed E-state index contributed by atoms with van der Waals surface area (Å²) in [4.78, 5) is 10.8. The summed E-state index contributed by atoms with van der Waals surface area (Å²) in [7, 11) is 4.70. The Hall–Kier alpha value is -1.29. The zero-order valence-corrected chi connectivity index (χ0v) is 7.14. The van der Waals surface area contributed by atoms with Crippen LogP contribution >= 0.6 is 0 Å². The van der Waals surface area contributed by atoms with Gasteiger partial charge >= 0.3 is 14.0 Å². The first-order valence-electron chi connectivity index (χ1n) is 3.94. The minimum Gasteiger partial charge on any atom is -0.542 e. The van der Waals surface area contributed by atoms with E-state index in [1.165, 1.54) is 0 Å². The van der Waals surface area contributed by atoms with Crippen LogP contribution < -0.4 is 5.73 Å². The van der Waals surface area contributed by atoms with Crippen LogP contribution in [0.1, 0.15) is 5.56 Å². The lowest BCUT2D eigenvalue weighted by molar-refractivity contribution is -0.135. The van der Waals surface area contributed by atoms with Gasteiger partial charge in [-0.1, -0.05) is 30.3 Å². The van der Waals surface area contributed by atoms with Crippen LogP contribution in [0, 0.1) is 0 Å². The van der Waals surface area contributed by atoms with Gasteiger partial charge in [0.2, 0.25) is 0 Å². The molecule has 0 spiro atoms. The van der Waals surface area contributed by atoms with Gasteiger partial charge in [-0.2, -0.15) is 0 Å². The summed E-state index contributed by atoms with van der Waals surface area (Å²) in [6.07, 6.45) is 0.441. The molecule has 2 radical (unpaired) electrons. The zero-order chi connectivity index (χ0) is 9.68. The molecule has 0 aliphatic heterocycles.